The lowest BCUT2D eigenvalue weighted by atomic mass is 10.1. The van der Waals surface area contributed by atoms with E-state index in [9.17, 15) is 0 Å². The van der Waals surface area contributed by atoms with Crippen molar-refractivity contribution in [2.45, 2.75) is 13.3 Å². The SMILES string of the molecule is CCOCCNCCOCC1CCOC1. The van der Waals surface area contributed by atoms with Gasteiger partial charge >= 0.3 is 0 Å². The summed E-state index contributed by atoms with van der Waals surface area (Å²) in [5.74, 6) is 0.619. The summed E-state index contributed by atoms with van der Waals surface area (Å²) in [5, 5.41) is 3.26. The Kier molecular flexibility index (Phi) is 7.83. The average molecular weight is 217 g/mol. The molecule has 90 valence electrons. The third kappa shape index (κ3) is 6.84. The molecule has 1 rings (SSSR count). The van der Waals surface area contributed by atoms with E-state index in [1.807, 2.05) is 6.92 Å². The topological polar surface area (TPSA) is 39.7 Å². The Morgan fingerprint density at radius 1 is 1.27 bits per heavy atom. The highest BCUT2D eigenvalue weighted by molar-refractivity contribution is 4.62. The molecule has 1 atom stereocenters. The number of rotatable bonds is 9. The van der Waals surface area contributed by atoms with Gasteiger partial charge in [0.1, 0.15) is 0 Å². The van der Waals surface area contributed by atoms with Gasteiger partial charge in [-0.1, -0.05) is 0 Å². The van der Waals surface area contributed by atoms with Crippen molar-refractivity contribution in [1.29, 1.82) is 0 Å². The van der Waals surface area contributed by atoms with Gasteiger partial charge in [0.25, 0.3) is 0 Å². The zero-order valence-electron chi connectivity index (χ0n) is 9.67. The van der Waals surface area contributed by atoms with Crippen LogP contribution in [0.2, 0.25) is 0 Å². The van der Waals surface area contributed by atoms with Crippen LogP contribution >= 0.6 is 0 Å². The van der Waals surface area contributed by atoms with Gasteiger partial charge in [-0.25, -0.2) is 0 Å². The minimum Gasteiger partial charge on any atom is -0.381 e. The molecule has 1 aliphatic rings. The van der Waals surface area contributed by atoms with Crippen LogP contribution in [-0.2, 0) is 14.2 Å². The van der Waals surface area contributed by atoms with Crippen molar-refractivity contribution >= 4 is 0 Å². The summed E-state index contributed by atoms with van der Waals surface area (Å²) < 4.78 is 16.0. The maximum atomic E-state index is 5.54. The lowest BCUT2D eigenvalue weighted by molar-refractivity contribution is 0.0892. The Labute approximate surface area is 92.3 Å². The fourth-order valence-corrected chi connectivity index (χ4v) is 1.52. The summed E-state index contributed by atoms with van der Waals surface area (Å²) in [6.07, 6.45) is 1.15. The molecule has 0 aromatic rings. The van der Waals surface area contributed by atoms with Gasteiger partial charge < -0.3 is 19.5 Å². The Morgan fingerprint density at radius 2 is 2.07 bits per heavy atom. The molecule has 0 aromatic heterocycles. The molecule has 1 N–H and O–H groups in total. The van der Waals surface area contributed by atoms with E-state index in [1.165, 1.54) is 0 Å². The lowest BCUT2D eigenvalue weighted by Gasteiger charge is -2.09. The van der Waals surface area contributed by atoms with Gasteiger partial charge in [0.15, 0.2) is 0 Å². The number of ether oxygens (including phenoxy) is 3. The Morgan fingerprint density at radius 3 is 2.73 bits per heavy atom. The van der Waals surface area contributed by atoms with Crippen LogP contribution in [0, 0.1) is 5.92 Å². The van der Waals surface area contributed by atoms with Crippen molar-refractivity contribution in [3.63, 3.8) is 0 Å². The van der Waals surface area contributed by atoms with Gasteiger partial charge in [-0.3, -0.25) is 0 Å². The Bertz CT molecular complexity index is 138. The van der Waals surface area contributed by atoms with Gasteiger partial charge in [-0.05, 0) is 13.3 Å². The second kappa shape index (κ2) is 9.09. The Hall–Kier alpha value is -0.160. The van der Waals surface area contributed by atoms with E-state index in [-0.39, 0.29) is 0 Å². The largest absolute Gasteiger partial charge is 0.381 e. The van der Waals surface area contributed by atoms with Crippen LogP contribution in [0.15, 0.2) is 0 Å². The third-order valence-electron chi connectivity index (χ3n) is 2.43. The van der Waals surface area contributed by atoms with Gasteiger partial charge in [-0.15, -0.1) is 0 Å². The molecule has 0 radical (unpaired) electrons. The standard InChI is InChI=1S/C11H23NO3/c1-2-13-7-4-12-5-8-15-10-11-3-6-14-9-11/h11-12H,2-10H2,1H3. The van der Waals surface area contributed by atoms with Crippen molar-refractivity contribution in [3.8, 4) is 0 Å². The molecule has 1 saturated heterocycles. The molecular weight excluding hydrogens is 194 g/mol. The summed E-state index contributed by atoms with van der Waals surface area (Å²) >= 11 is 0. The van der Waals surface area contributed by atoms with Crippen molar-refractivity contribution < 1.29 is 14.2 Å². The summed E-state index contributed by atoms with van der Waals surface area (Å²) in [6.45, 7) is 8.79. The molecule has 0 bridgehead atoms. The highest BCUT2D eigenvalue weighted by Gasteiger charge is 2.14. The molecule has 0 saturated carbocycles. The van der Waals surface area contributed by atoms with Crippen LogP contribution in [0.25, 0.3) is 0 Å². The fraction of sp³-hybridized carbons (Fsp3) is 1.00. The van der Waals surface area contributed by atoms with E-state index in [1.54, 1.807) is 0 Å². The maximum absolute atomic E-state index is 5.54. The van der Waals surface area contributed by atoms with Crippen molar-refractivity contribution in [2.24, 2.45) is 5.92 Å². The number of hydrogen-bond donors (Lipinski definition) is 1. The van der Waals surface area contributed by atoms with Crippen LogP contribution in [0.5, 0.6) is 0 Å². The van der Waals surface area contributed by atoms with E-state index in [0.717, 1.165) is 59.2 Å². The van der Waals surface area contributed by atoms with Gasteiger partial charge in [0.05, 0.1) is 26.4 Å². The molecule has 0 aliphatic carbocycles. The highest BCUT2D eigenvalue weighted by Crippen LogP contribution is 2.11. The molecule has 1 heterocycles. The summed E-state index contributed by atoms with van der Waals surface area (Å²) in [5.41, 5.74) is 0. The fourth-order valence-electron chi connectivity index (χ4n) is 1.52. The molecule has 4 nitrogen and oxygen atoms in total. The minimum absolute atomic E-state index is 0.619. The minimum atomic E-state index is 0.619. The van der Waals surface area contributed by atoms with Crippen molar-refractivity contribution in [3.05, 3.63) is 0 Å². The molecule has 0 amide bonds. The normalized spacial score (nSPS) is 21.0. The van der Waals surface area contributed by atoms with E-state index >= 15 is 0 Å². The zero-order valence-corrected chi connectivity index (χ0v) is 9.67. The van der Waals surface area contributed by atoms with Crippen LogP contribution in [-0.4, -0.2) is 52.7 Å². The van der Waals surface area contributed by atoms with Crippen molar-refractivity contribution in [1.82, 2.24) is 5.32 Å². The summed E-state index contributed by atoms with van der Waals surface area (Å²) in [6, 6.07) is 0. The summed E-state index contributed by atoms with van der Waals surface area (Å²) in [4.78, 5) is 0. The third-order valence-corrected chi connectivity index (χ3v) is 2.43. The van der Waals surface area contributed by atoms with Gasteiger partial charge in [-0.2, -0.15) is 0 Å². The second-order valence-corrected chi connectivity index (χ2v) is 3.75. The second-order valence-electron chi connectivity index (χ2n) is 3.75. The van der Waals surface area contributed by atoms with Crippen molar-refractivity contribution in [2.75, 3.05) is 52.7 Å². The monoisotopic (exact) mass is 217 g/mol. The first-order valence-corrected chi connectivity index (χ1v) is 5.87. The molecule has 1 aliphatic heterocycles. The van der Waals surface area contributed by atoms with E-state index in [4.69, 9.17) is 14.2 Å². The first-order chi connectivity index (χ1) is 7.43. The molecular formula is C11H23NO3. The summed E-state index contributed by atoms with van der Waals surface area (Å²) in [7, 11) is 0. The molecule has 1 unspecified atom stereocenters. The smallest absolute Gasteiger partial charge is 0.0591 e. The molecule has 0 spiro atoms. The zero-order chi connectivity index (χ0) is 10.8. The maximum Gasteiger partial charge on any atom is 0.0591 e. The predicted octanol–water partition coefficient (Wildman–Crippen LogP) is 0.666. The van der Waals surface area contributed by atoms with Crippen LogP contribution < -0.4 is 5.32 Å². The predicted molar refractivity (Wildman–Crippen MR) is 59.1 cm³/mol. The van der Waals surface area contributed by atoms with E-state index < -0.39 is 0 Å². The van der Waals surface area contributed by atoms with E-state index in [2.05, 4.69) is 5.32 Å². The first kappa shape index (κ1) is 12.9. The average Bonchev–Trinajstić information content (AvgIpc) is 2.75. The number of hydrogen-bond acceptors (Lipinski definition) is 4. The van der Waals surface area contributed by atoms with Gasteiger partial charge in [0.2, 0.25) is 0 Å². The highest BCUT2D eigenvalue weighted by atomic mass is 16.5. The van der Waals surface area contributed by atoms with Crippen LogP contribution in [0.3, 0.4) is 0 Å². The van der Waals surface area contributed by atoms with Crippen LogP contribution in [0.4, 0.5) is 0 Å². The van der Waals surface area contributed by atoms with E-state index in [0.29, 0.717) is 5.92 Å². The van der Waals surface area contributed by atoms with Gasteiger partial charge in [0, 0.05) is 32.2 Å². The number of nitrogens with one attached hydrogen (secondary N) is 1. The quantitative estimate of drug-likeness (QED) is 0.576. The molecule has 15 heavy (non-hydrogen) atoms. The first-order valence-electron chi connectivity index (χ1n) is 5.87. The molecule has 4 heteroatoms. The molecule has 0 aromatic carbocycles. The van der Waals surface area contributed by atoms with Crippen LogP contribution in [0.1, 0.15) is 13.3 Å². The lowest BCUT2D eigenvalue weighted by Crippen LogP contribution is -2.25. The Balaban J connectivity index is 1.73. The molecule has 1 fully saturated rings.